The van der Waals surface area contributed by atoms with Crippen LogP contribution in [0.5, 0.6) is 0 Å². The molecule has 3 N–H and O–H groups in total. The third-order valence-electron chi connectivity index (χ3n) is 4.74. The largest absolute Gasteiger partial charge is 0.408 e. The number of nitrogens with zero attached hydrogens (tertiary/aromatic N) is 3. The summed E-state index contributed by atoms with van der Waals surface area (Å²) in [6.45, 7) is 0.593. The smallest absolute Gasteiger partial charge is 0.382 e. The summed E-state index contributed by atoms with van der Waals surface area (Å²) in [6, 6.07) is 3.29. The summed E-state index contributed by atoms with van der Waals surface area (Å²) in [7, 11) is 0. The highest BCUT2D eigenvalue weighted by Gasteiger charge is 2.55. The summed E-state index contributed by atoms with van der Waals surface area (Å²) < 4.78 is 39.8. The van der Waals surface area contributed by atoms with Crippen LogP contribution in [0.1, 0.15) is 11.6 Å². The lowest BCUT2D eigenvalue weighted by Gasteiger charge is -2.11. The quantitative estimate of drug-likeness (QED) is 0.886. The first-order valence-electron chi connectivity index (χ1n) is 7.60. The highest BCUT2D eigenvalue weighted by atomic mass is 35.5. The van der Waals surface area contributed by atoms with Gasteiger partial charge < -0.3 is 11.1 Å². The van der Waals surface area contributed by atoms with Crippen molar-refractivity contribution in [3.8, 4) is 11.3 Å². The van der Waals surface area contributed by atoms with Crippen molar-refractivity contribution in [2.45, 2.75) is 18.6 Å². The van der Waals surface area contributed by atoms with Crippen molar-refractivity contribution in [3.63, 3.8) is 0 Å². The predicted octanol–water partition coefficient (Wildman–Crippen LogP) is 2.68. The third kappa shape index (κ3) is 2.73. The van der Waals surface area contributed by atoms with E-state index in [-0.39, 0.29) is 16.8 Å². The molecule has 2 fully saturated rings. The highest BCUT2D eigenvalue weighted by molar-refractivity contribution is 6.33. The van der Waals surface area contributed by atoms with Crippen molar-refractivity contribution >= 4 is 17.4 Å². The second kappa shape index (κ2) is 5.35. The number of hydrogen-bond acceptors (Lipinski definition) is 4. The fraction of sp³-hybridized carbons (Fsp3) is 0.467. The van der Waals surface area contributed by atoms with E-state index in [1.807, 2.05) is 0 Å². The van der Waals surface area contributed by atoms with Crippen LogP contribution in [-0.2, 0) is 6.54 Å². The zero-order valence-corrected chi connectivity index (χ0v) is 13.3. The molecule has 5 nitrogen and oxygen atoms in total. The predicted molar refractivity (Wildman–Crippen MR) is 83.5 cm³/mol. The van der Waals surface area contributed by atoms with Gasteiger partial charge in [-0.25, -0.2) is 4.98 Å². The molecule has 0 amide bonds. The highest BCUT2D eigenvalue weighted by Crippen LogP contribution is 2.56. The standard InChI is InChI=1S/C15H15ClF3N5/c16-10-1-7(3-22-14(10)20)11-2-12(13-8-4-21-5-9(8)13)24(23-11)6-15(17,18)19/h1-3,8-9,13,21H,4-6H2,(H2,20,22)/t8-,9?,13?/m0/s1. The van der Waals surface area contributed by atoms with E-state index in [1.54, 1.807) is 12.1 Å². The Kier molecular flexibility index (Phi) is 3.50. The topological polar surface area (TPSA) is 68.8 Å². The Morgan fingerprint density at radius 1 is 1.29 bits per heavy atom. The number of hydrogen-bond donors (Lipinski definition) is 2. The van der Waals surface area contributed by atoms with Crippen molar-refractivity contribution in [3.05, 3.63) is 29.0 Å². The van der Waals surface area contributed by atoms with Gasteiger partial charge in [0.15, 0.2) is 0 Å². The van der Waals surface area contributed by atoms with Crippen LogP contribution in [0.2, 0.25) is 5.02 Å². The van der Waals surface area contributed by atoms with Crippen molar-refractivity contribution in [2.75, 3.05) is 18.8 Å². The molecule has 3 atom stereocenters. The Morgan fingerprint density at radius 2 is 2.00 bits per heavy atom. The molecule has 4 rings (SSSR count). The normalized spacial score (nSPS) is 25.8. The first-order chi connectivity index (χ1) is 11.3. The summed E-state index contributed by atoms with van der Waals surface area (Å²) in [5, 5.41) is 7.67. The molecule has 2 aliphatic rings. The van der Waals surface area contributed by atoms with Crippen molar-refractivity contribution in [1.82, 2.24) is 20.1 Å². The maximum absolute atomic E-state index is 12.9. The molecule has 9 heteroatoms. The van der Waals surface area contributed by atoms with E-state index in [4.69, 9.17) is 17.3 Å². The van der Waals surface area contributed by atoms with Crippen LogP contribution >= 0.6 is 11.6 Å². The average Bonchev–Trinajstić information content (AvgIpc) is 2.87. The van der Waals surface area contributed by atoms with Gasteiger partial charge in [-0.05, 0) is 37.1 Å². The molecule has 1 saturated carbocycles. The zero-order valence-electron chi connectivity index (χ0n) is 12.5. The molecule has 1 aliphatic carbocycles. The number of alkyl halides is 3. The molecule has 0 radical (unpaired) electrons. The van der Waals surface area contributed by atoms with Crippen LogP contribution in [0.4, 0.5) is 19.0 Å². The number of nitrogen functional groups attached to an aromatic ring is 1. The molecule has 0 bridgehead atoms. The fourth-order valence-corrected chi connectivity index (χ4v) is 3.75. The molecule has 2 unspecified atom stereocenters. The van der Waals surface area contributed by atoms with E-state index in [0.717, 1.165) is 17.8 Å². The Hall–Kier alpha value is -1.80. The number of rotatable bonds is 3. The van der Waals surface area contributed by atoms with Gasteiger partial charge in [0, 0.05) is 23.4 Å². The maximum atomic E-state index is 12.9. The van der Waals surface area contributed by atoms with E-state index >= 15 is 0 Å². The second-order valence-electron chi connectivity index (χ2n) is 6.33. The second-order valence-corrected chi connectivity index (χ2v) is 6.74. The SMILES string of the molecule is Nc1ncc(-c2cc(C3C4CNC[C@@H]43)n(CC(F)(F)F)n2)cc1Cl. The van der Waals surface area contributed by atoms with Gasteiger partial charge in [-0.15, -0.1) is 0 Å². The van der Waals surface area contributed by atoms with Gasteiger partial charge in [0.1, 0.15) is 12.4 Å². The molecular formula is C15H15ClF3N5. The Labute approximate surface area is 141 Å². The molecule has 1 aliphatic heterocycles. The molecule has 0 aromatic carbocycles. The number of aromatic nitrogens is 3. The van der Waals surface area contributed by atoms with E-state index in [2.05, 4.69) is 15.4 Å². The van der Waals surface area contributed by atoms with Gasteiger partial charge in [0.25, 0.3) is 0 Å². The van der Waals surface area contributed by atoms with Crippen LogP contribution in [0.15, 0.2) is 18.3 Å². The molecule has 128 valence electrons. The van der Waals surface area contributed by atoms with Gasteiger partial charge >= 0.3 is 6.18 Å². The Morgan fingerprint density at radius 3 is 2.62 bits per heavy atom. The lowest BCUT2D eigenvalue weighted by atomic mass is 10.1. The van der Waals surface area contributed by atoms with Gasteiger partial charge in [0.2, 0.25) is 0 Å². The van der Waals surface area contributed by atoms with Crippen LogP contribution in [0.25, 0.3) is 11.3 Å². The fourth-order valence-electron chi connectivity index (χ4n) is 3.58. The summed E-state index contributed by atoms with van der Waals surface area (Å²) in [4.78, 5) is 3.95. The number of anilines is 1. The van der Waals surface area contributed by atoms with Crippen LogP contribution in [-0.4, -0.2) is 34.0 Å². The lowest BCUT2D eigenvalue weighted by molar-refractivity contribution is -0.143. The van der Waals surface area contributed by atoms with Crippen molar-refractivity contribution in [2.24, 2.45) is 11.8 Å². The van der Waals surface area contributed by atoms with E-state index < -0.39 is 12.7 Å². The first kappa shape index (κ1) is 15.7. The minimum Gasteiger partial charge on any atom is -0.382 e. The third-order valence-corrected chi connectivity index (χ3v) is 5.04. The van der Waals surface area contributed by atoms with Gasteiger partial charge in [0.05, 0.1) is 10.7 Å². The summed E-state index contributed by atoms with van der Waals surface area (Å²) >= 11 is 5.96. The van der Waals surface area contributed by atoms with Gasteiger partial charge in [-0.2, -0.15) is 18.3 Å². The summed E-state index contributed by atoms with van der Waals surface area (Å²) in [5.41, 5.74) is 7.20. The minimum absolute atomic E-state index is 0.132. The molecule has 1 saturated heterocycles. The number of pyridine rings is 1. The monoisotopic (exact) mass is 357 g/mol. The molecule has 24 heavy (non-hydrogen) atoms. The van der Waals surface area contributed by atoms with E-state index in [9.17, 15) is 13.2 Å². The number of halogens is 4. The lowest BCUT2D eigenvalue weighted by Crippen LogP contribution is -2.22. The van der Waals surface area contributed by atoms with E-state index in [0.29, 0.717) is 28.8 Å². The molecule has 0 spiro atoms. The van der Waals surface area contributed by atoms with E-state index in [1.165, 1.54) is 6.20 Å². The van der Waals surface area contributed by atoms with Crippen LogP contribution < -0.4 is 11.1 Å². The average molecular weight is 358 g/mol. The maximum Gasteiger partial charge on any atom is 0.408 e. The van der Waals surface area contributed by atoms with Gasteiger partial charge in [-0.1, -0.05) is 11.6 Å². The Bertz CT molecular complexity index is 778. The van der Waals surface area contributed by atoms with Crippen LogP contribution in [0.3, 0.4) is 0 Å². The molecule has 2 aromatic heterocycles. The number of piperidine rings is 1. The number of nitrogens with one attached hydrogen (secondary N) is 1. The zero-order chi connectivity index (χ0) is 17.1. The number of nitrogens with two attached hydrogens (primary N) is 1. The molecule has 3 heterocycles. The van der Waals surface area contributed by atoms with Crippen LogP contribution in [0, 0.1) is 11.8 Å². The van der Waals surface area contributed by atoms with Gasteiger partial charge in [-0.3, -0.25) is 4.68 Å². The molecule has 2 aromatic rings. The molecular weight excluding hydrogens is 343 g/mol. The van der Waals surface area contributed by atoms with Crippen molar-refractivity contribution < 1.29 is 13.2 Å². The summed E-state index contributed by atoms with van der Waals surface area (Å²) in [5.74, 6) is 1.11. The first-order valence-corrected chi connectivity index (χ1v) is 7.98. The summed E-state index contributed by atoms with van der Waals surface area (Å²) in [6.07, 6.45) is -2.85. The Balaban J connectivity index is 1.72. The minimum atomic E-state index is -4.32. The van der Waals surface area contributed by atoms with Crippen molar-refractivity contribution in [1.29, 1.82) is 0 Å². The number of fused-ring (bicyclic) bond motifs is 1.